The highest BCUT2D eigenvalue weighted by Gasteiger charge is 2.21. The van der Waals surface area contributed by atoms with Crippen LogP contribution in [0.2, 0.25) is 0 Å². The molecule has 0 radical (unpaired) electrons. The molecule has 0 unspecified atom stereocenters. The second-order valence-corrected chi connectivity index (χ2v) is 8.31. The lowest BCUT2D eigenvalue weighted by molar-refractivity contribution is -0.384. The average molecular weight is 455 g/mol. The molecule has 2 heterocycles. The highest BCUT2D eigenvalue weighted by atomic mass is 32.2. The number of hydrogen-bond acceptors (Lipinski definition) is 9. The molecule has 12 nitrogen and oxygen atoms in total. The molecule has 0 aliphatic rings. The van der Waals surface area contributed by atoms with E-state index in [0.717, 1.165) is 0 Å². The van der Waals surface area contributed by atoms with Crippen LogP contribution in [0.25, 0.3) is 11.0 Å². The number of anilines is 3. The van der Waals surface area contributed by atoms with Gasteiger partial charge in [0.25, 0.3) is 15.7 Å². The van der Waals surface area contributed by atoms with Crippen molar-refractivity contribution < 1.29 is 18.1 Å². The minimum absolute atomic E-state index is 0.0474. The summed E-state index contributed by atoms with van der Waals surface area (Å²) in [6, 6.07) is 10.9. The van der Waals surface area contributed by atoms with Gasteiger partial charge in [-0.1, -0.05) is 12.1 Å². The molecule has 2 aromatic heterocycles. The number of benzene rings is 2. The highest BCUT2D eigenvalue weighted by molar-refractivity contribution is 7.92. The van der Waals surface area contributed by atoms with Gasteiger partial charge in [0.05, 0.1) is 41.0 Å². The number of methoxy groups -OCH3 is 1. The zero-order valence-corrected chi connectivity index (χ0v) is 17.7. The molecule has 0 saturated carbocycles. The topological polar surface area (TPSA) is 154 Å². The number of nitro groups is 1. The molecule has 4 rings (SSSR count). The third kappa shape index (κ3) is 4.13. The molecule has 0 aliphatic carbocycles. The first-order chi connectivity index (χ1) is 15.3. The summed E-state index contributed by atoms with van der Waals surface area (Å²) >= 11 is 0. The number of para-hydroxylation sites is 2. The van der Waals surface area contributed by atoms with E-state index in [0.29, 0.717) is 16.7 Å². The van der Waals surface area contributed by atoms with Crippen molar-refractivity contribution in [1.82, 2.24) is 19.7 Å². The third-order valence-electron chi connectivity index (χ3n) is 4.44. The molecule has 0 saturated heterocycles. The summed E-state index contributed by atoms with van der Waals surface area (Å²) in [4.78, 5) is 19.3. The van der Waals surface area contributed by atoms with Crippen molar-refractivity contribution >= 4 is 44.1 Å². The maximum absolute atomic E-state index is 12.8. The van der Waals surface area contributed by atoms with Gasteiger partial charge in [-0.15, -0.1) is 0 Å². The zero-order valence-electron chi connectivity index (χ0n) is 16.9. The Morgan fingerprint density at radius 1 is 1.09 bits per heavy atom. The van der Waals surface area contributed by atoms with Gasteiger partial charge in [-0.25, -0.2) is 18.4 Å². The summed E-state index contributed by atoms with van der Waals surface area (Å²) in [5, 5.41) is 17.9. The zero-order chi connectivity index (χ0) is 22.9. The number of fused-ring (bicyclic) bond motifs is 1. The number of non-ortho nitro benzene ring substituents is 1. The Hall–Kier alpha value is -4.26. The van der Waals surface area contributed by atoms with E-state index in [2.05, 4.69) is 25.1 Å². The van der Waals surface area contributed by atoms with Crippen LogP contribution >= 0.6 is 0 Å². The Morgan fingerprint density at radius 3 is 2.38 bits per heavy atom. The van der Waals surface area contributed by atoms with Crippen molar-refractivity contribution in [2.24, 2.45) is 7.05 Å². The summed E-state index contributed by atoms with van der Waals surface area (Å²) in [6.45, 7) is 0. The lowest BCUT2D eigenvalue weighted by atomic mass is 10.2. The van der Waals surface area contributed by atoms with Crippen LogP contribution in [0.3, 0.4) is 0 Å². The predicted molar refractivity (Wildman–Crippen MR) is 116 cm³/mol. The summed E-state index contributed by atoms with van der Waals surface area (Å²) in [7, 11) is -1.04. The molecule has 0 bridgehead atoms. The third-order valence-corrected chi connectivity index (χ3v) is 5.74. The molecule has 164 valence electrons. The minimum Gasteiger partial charge on any atom is -0.494 e. The number of nitrogens with one attached hydrogen (secondary N) is 2. The molecule has 32 heavy (non-hydrogen) atoms. The van der Waals surface area contributed by atoms with Crippen LogP contribution in [0.4, 0.5) is 23.0 Å². The molecule has 0 fully saturated rings. The molecule has 0 amide bonds. The number of sulfonamides is 1. The number of ether oxygens (including phenoxy) is 1. The Labute approximate surface area is 182 Å². The molecule has 13 heteroatoms. The van der Waals surface area contributed by atoms with Crippen LogP contribution in [0.15, 0.2) is 59.8 Å². The monoisotopic (exact) mass is 455 g/mol. The van der Waals surface area contributed by atoms with Crippen LogP contribution < -0.4 is 14.8 Å². The Kier molecular flexibility index (Phi) is 5.32. The molecular weight excluding hydrogens is 438 g/mol. The molecular formula is C19H17N7O5S. The van der Waals surface area contributed by atoms with Gasteiger partial charge in [-0.2, -0.15) is 5.10 Å². The molecule has 0 atom stereocenters. The van der Waals surface area contributed by atoms with E-state index in [4.69, 9.17) is 4.74 Å². The molecule has 0 spiro atoms. The predicted octanol–water partition coefficient (Wildman–Crippen LogP) is 2.82. The van der Waals surface area contributed by atoms with Crippen LogP contribution in [0.5, 0.6) is 5.75 Å². The fourth-order valence-corrected chi connectivity index (χ4v) is 3.90. The first kappa shape index (κ1) is 21.0. The fraction of sp³-hybridized carbons (Fsp3) is 0.105. The first-order valence-corrected chi connectivity index (χ1v) is 10.6. The van der Waals surface area contributed by atoms with E-state index in [-0.39, 0.29) is 28.0 Å². The number of aromatic nitrogens is 4. The van der Waals surface area contributed by atoms with Gasteiger partial charge < -0.3 is 10.1 Å². The highest BCUT2D eigenvalue weighted by Crippen LogP contribution is 2.34. The Morgan fingerprint density at radius 2 is 1.78 bits per heavy atom. The van der Waals surface area contributed by atoms with Gasteiger partial charge in [0.2, 0.25) is 0 Å². The van der Waals surface area contributed by atoms with Crippen LogP contribution in [0, 0.1) is 10.1 Å². The molecule has 2 aromatic carbocycles. The Balaban J connectivity index is 1.79. The molecule has 4 aromatic rings. The second-order valence-electron chi connectivity index (χ2n) is 6.63. The Bertz CT molecular complexity index is 1440. The normalized spacial score (nSPS) is 11.3. The van der Waals surface area contributed by atoms with E-state index < -0.39 is 14.9 Å². The fourth-order valence-electron chi connectivity index (χ4n) is 2.91. The van der Waals surface area contributed by atoms with E-state index in [1.165, 1.54) is 42.4 Å². The minimum atomic E-state index is -4.01. The quantitative estimate of drug-likeness (QED) is 0.316. The van der Waals surface area contributed by atoms with E-state index in [1.807, 2.05) is 0 Å². The average Bonchev–Trinajstić information content (AvgIpc) is 3.21. The van der Waals surface area contributed by atoms with Gasteiger partial charge in [0, 0.05) is 19.3 Å². The summed E-state index contributed by atoms with van der Waals surface area (Å²) < 4.78 is 34.7. The van der Waals surface area contributed by atoms with Crippen LogP contribution in [0.1, 0.15) is 0 Å². The number of nitrogens with zero attached hydrogens (tertiary/aromatic N) is 5. The van der Waals surface area contributed by atoms with Gasteiger partial charge in [0.1, 0.15) is 10.6 Å². The standard InChI is InChI=1S/C19H17N7O5S/c1-25-11-13(10-20-25)32(29,30)24-19-18(21-14-5-3-4-6-15(14)22-19)23-16-8-7-12(26(27)28)9-17(16)31-2/h3-11H,1-2H3,(H,21,23)(H,22,24). The van der Waals surface area contributed by atoms with E-state index in [9.17, 15) is 18.5 Å². The van der Waals surface area contributed by atoms with Gasteiger partial charge in [-0.3, -0.25) is 19.5 Å². The van der Waals surface area contributed by atoms with E-state index in [1.54, 1.807) is 31.3 Å². The number of aryl methyl sites for hydroxylation is 1. The smallest absolute Gasteiger partial charge is 0.273 e. The maximum atomic E-state index is 12.8. The van der Waals surface area contributed by atoms with Gasteiger partial charge in [0.15, 0.2) is 11.6 Å². The van der Waals surface area contributed by atoms with Crippen molar-refractivity contribution in [3.63, 3.8) is 0 Å². The summed E-state index contributed by atoms with van der Waals surface area (Å²) in [5.74, 6) is 0.200. The van der Waals surface area contributed by atoms with Gasteiger partial charge in [-0.05, 0) is 18.2 Å². The number of rotatable bonds is 7. The van der Waals surface area contributed by atoms with Crippen LogP contribution in [-0.2, 0) is 17.1 Å². The molecule has 0 aliphatic heterocycles. The first-order valence-electron chi connectivity index (χ1n) is 9.14. The van der Waals surface area contributed by atoms with Gasteiger partial charge >= 0.3 is 0 Å². The summed E-state index contributed by atoms with van der Waals surface area (Å²) in [6.07, 6.45) is 2.56. The number of nitro benzene ring substituents is 1. The van der Waals surface area contributed by atoms with Crippen molar-refractivity contribution in [3.8, 4) is 5.75 Å². The largest absolute Gasteiger partial charge is 0.494 e. The lowest BCUT2D eigenvalue weighted by Crippen LogP contribution is -2.15. The van der Waals surface area contributed by atoms with Crippen molar-refractivity contribution in [2.45, 2.75) is 4.90 Å². The second kappa shape index (κ2) is 8.11. The number of hydrogen-bond donors (Lipinski definition) is 2. The van der Waals surface area contributed by atoms with E-state index >= 15 is 0 Å². The van der Waals surface area contributed by atoms with Crippen LogP contribution in [-0.4, -0.2) is 40.2 Å². The lowest BCUT2D eigenvalue weighted by Gasteiger charge is -2.15. The summed E-state index contributed by atoms with van der Waals surface area (Å²) in [5.41, 5.74) is 1.16. The molecule has 2 N–H and O–H groups in total. The van der Waals surface area contributed by atoms with Crippen molar-refractivity contribution in [1.29, 1.82) is 0 Å². The van der Waals surface area contributed by atoms with Crippen molar-refractivity contribution in [3.05, 3.63) is 65.0 Å². The SMILES string of the molecule is COc1cc([N+](=O)[O-])ccc1Nc1nc2ccccc2nc1NS(=O)(=O)c1cnn(C)c1. The van der Waals surface area contributed by atoms with Crippen molar-refractivity contribution in [2.75, 3.05) is 17.1 Å². The maximum Gasteiger partial charge on any atom is 0.273 e.